The van der Waals surface area contributed by atoms with E-state index in [0.717, 1.165) is 55.9 Å². The van der Waals surface area contributed by atoms with E-state index in [4.69, 9.17) is 0 Å². The van der Waals surface area contributed by atoms with Crippen molar-refractivity contribution < 1.29 is 13.2 Å². The Morgan fingerprint density at radius 3 is 1.68 bits per heavy atom. The van der Waals surface area contributed by atoms with E-state index in [-0.39, 0.29) is 0 Å². The van der Waals surface area contributed by atoms with Crippen molar-refractivity contribution in [3.8, 4) is 22.3 Å². The fourth-order valence-corrected chi connectivity index (χ4v) is 5.73. The molecule has 0 bridgehead atoms. The largest absolute Gasteiger partial charge is 0.416 e. The second kappa shape index (κ2) is 8.46. The maximum absolute atomic E-state index is 13.2. The summed E-state index contributed by atoms with van der Waals surface area (Å²) >= 11 is 0. The molecule has 0 N–H and O–H groups in total. The zero-order valence-electron chi connectivity index (χ0n) is 20.3. The maximum atomic E-state index is 13.2. The quantitative estimate of drug-likeness (QED) is 0.164. The van der Waals surface area contributed by atoms with Gasteiger partial charge in [0, 0.05) is 0 Å². The third-order valence-corrected chi connectivity index (χ3v) is 7.47. The lowest BCUT2D eigenvalue weighted by Gasteiger charge is -2.18. The summed E-state index contributed by atoms with van der Waals surface area (Å²) in [6.45, 7) is 0. The van der Waals surface area contributed by atoms with E-state index >= 15 is 0 Å². The van der Waals surface area contributed by atoms with Crippen molar-refractivity contribution >= 4 is 43.1 Å². The Morgan fingerprint density at radius 1 is 0.395 bits per heavy atom. The van der Waals surface area contributed by atoms with Gasteiger partial charge in [0.2, 0.25) is 0 Å². The molecule has 0 amide bonds. The van der Waals surface area contributed by atoms with Crippen LogP contribution in [-0.4, -0.2) is 0 Å². The Morgan fingerprint density at radius 2 is 0.974 bits per heavy atom. The highest BCUT2D eigenvalue weighted by Gasteiger charge is 2.30. The highest BCUT2D eigenvalue weighted by Crippen LogP contribution is 2.44. The summed E-state index contributed by atoms with van der Waals surface area (Å²) < 4.78 is 39.7. The van der Waals surface area contributed by atoms with Crippen molar-refractivity contribution in [2.24, 2.45) is 0 Å². The molecule has 0 heterocycles. The van der Waals surface area contributed by atoms with Gasteiger partial charge in [0.15, 0.2) is 0 Å². The molecule has 0 aliphatic rings. The van der Waals surface area contributed by atoms with Gasteiger partial charge in [-0.15, -0.1) is 0 Å². The van der Waals surface area contributed by atoms with Gasteiger partial charge in [-0.1, -0.05) is 103 Å². The Hall–Kier alpha value is -4.63. The molecule has 0 fully saturated rings. The summed E-state index contributed by atoms with van der Waals surface area (Å²) in [7, 11) is 0. The highest BCUT2D eigenvalue weighted by atomic mass is 19.4. The van der Waals surface area contributed by atoms with Crippen molar-refractivity contribution in [1.29, 1.82) is 0 Å². The number of rotatable bonds is 2. The van der Waals surface area contributed by atoms with E-state index in [2.05, 4.69) is 84.9 Å². The van der Waals surface area contributed by atoms with Crippen LogP contribution >= 0.6 is 0 Å². The minimum Gasteiger partial charge on any atom is -0.166 e. The molecule has 3 heteroatoms. The molecule has 38 heavy (non-hydrogen) atoms. The van der Waals surface area contributed by atoms with Gasteiger partial charge in [-0.05, 0) is 89.6 Å². The Bertz CT molecular complexity index is 2000. The minimum atomic E-state index is -4.36. The lowest BCUT2D eigenvalue weighted by molar-refractivity contribution is -0.137. The standard InChI is InChI=1S/C35H21F3/c36-35(37,38)25-18-16-22(17-19-25)26-14-7-15-31-32(26)20-24-9-2-4-11-28(24)34(31)33-21-23-8-1-3-10-27(23)29-12-5-6-13-30(29)33/h1-21H. The molecule has 0 saturated heterocycles. The first-order valence-corrected chi connectivity index (χ1v) is 12.5. The summed E-state index contributed by atoms with van der Waals surface area (Å²) in [5, 5.41) is 9.06. The van der Waals surface area contributed by atoms with Crippen LogP contribution in [0.4, 0.5) is 13.2 Å². The second-order valence-corrected chi connectivity index (χ2v) is 9.64. The molecule has 0 spiro atoms. The first-order valence-electron chi connectivity index (χ1n) is 12.5. The number of halogens is 3. The molecule has 0 aliphatic heterocycles. The van der Waals surface area contributed by atoms with Crippen LogP contribution in [0.3, 0.4) is 0 Å². The molecule has 7 rings (SSSR count). The van der Waals surface area contributed by atoms with E-state index in [1.54, 1.807) is 12.1 Å². The lowest BCUT2D eigenvalue weighted by Crippen LogP contribution is -2.04. The van der Waals surface area contributed by atoms with Gasteiger partial charge in [-0.2, -0.15) is 13.2 Å². The predicted molar refractivity (Wildman–Crippen MR) is 152 cm³/mol. The van der Waals surface area contributed by atoms with E-state index in [0.29, 0.717) is 0 Å². The molecule has 182 valence electrons. The van der Waals surface area contributed by atoms with Crippen molar-refractivity contribution in [3.63, 3.8) is 0 Å². The average Bonchev–Trinajstić information content (AvgIpc) is 2.95. The van der Waals surface area contributed by atoms with Crippen molar-refractivity contribution in [2.45, 2.75) is 6.18 Å². The van der Waals surface area contributed by atoms with Gasteiger partial charge < -0.3 is 0 Å². The van der Waals surface area contributed by atoms with Crippen molar-refractivity contribution in [1.82, 2.24) is 0 Å². The number of benzene rings is 7. The van der Waals surface area contributed by atoms with Crippen LogP contribution in [0.15, 0.2) is 127 Å². The monoisotopic (exact) mass is 498 g/mol. The molecule has 0 nitrogen and oxygen atoms in total. The van der Waals surface area contributed by atoms with Gasteiger partial charge in [-0.25, -0.2) is 0 Å². The molecular weight excluding hydrogens is 477 g/mol. The Kier molecular flexibility index (Phi) is 5.02. The van der Waals surface area contributed by atoms with Gasteiger partial charge in [0.25, 0.3) is 0 Å². The fourth-order valence-electron chi connectivity index (χ4n) is 5.73. The molecule has 7 aromatic carbocycles. The van der Waals surface area contributed by atoms with Crippen molar-refractivity contribution in [3.05, 3.63) is 133 Å². The molecule has 0 atom stereocenters. The zero-order valence-corrected chi connectivity index (χ0v) is 20.3. The lowest BCUT2D eigenvalue weighted by atomic mass is 9.85. The van der Waals surface area contributed by atoms with Gasteiger partial charge >= 0.3 is 6.18 Å². The fraction of sp³-hybridized carbons (Fsp3) is 0.0286. The van der Waals surface area contributed by atoms with Crippen molar-refractivity contribution in [2.75, 3.05) is 0 Å². The van der Waals surface area contributed by atoms with E-state index in [9.17, 15) is 13.2 Å². The summed E-state index contributed by atoms with van der Waals surface area (Å²) in [5.41, 5.74) is 3.30. The number of fused-ring (bicyclic) bond motifs is 5. The molecule has 0 saturated carbocycles. The summed E-state index contributed by atoms with van der Waals surface area (Å²) in [5.74, 6) is 0. The normalized spacial score (nSPS) is 12.1. The SMILES string of the molecule is FC(F)(F)c1ccc(-c2cccc3c(-c4cc5ccccc5c5ccccc45)c4ccccc4cc23)cc1. The van der Waals surface area contributed by atoms with Gasteiger partial charge in [0.1, 0.15) is 0 Å². The second-order valence-electron chi connectivity index (χ2n) is 9.64. The third kappa shape index (κ3) is 3.54. The van der Waals surface area contributed by atoms with Gasteiger partial charge in [-0.3, -0.25) is 0 Å². The number of alkyl halides is 3. The van der Waals surface area contributed by atoms with Crippen LogP contribution in [-0.2, 0) is 6.18 Å². The number of hydrogen-bond donors (Lipinski definition) is 0. The molecule has 7 aromatic rings. The summed E-state index contributed by atoms with van der Waals surface area (Å²) in [6.07, 6.45) is -4.36. The van der Waals surface area contributed by atoms with Gasteiger partial charge in [0.05, 0.1) is 5.56 Å². The molecule has 0 radical (unpaired) electrons. The first-order chi connectivity index (χ1) is 18.5. The van der Waals surface area contributed by atoms with E-state index in [1.807, 2.05) is 18.2 Å². The summed E-state index contributed by atoms with van der Waals surface area (Å²) in [4.78, 5) is 0. The molecule has 0 aromatic heterocycles. The Balaban J connectivity index is 1.59. The zero-order chi connectivity index (χ0) is 25.9. The maximum Gasteiger partial charge on any atom is 0.416 e. The van der Waals surface area contributed by atoms with Crippen LogP contribution in [0.2, 0.25) is 0 Å². The van der Waals surface area contributed by atoms with E-state index in [1.165, 1.54) is 21.5 Å². The third-order valence-electron chi connectivity index (χ3n) is 7.47. The minimum absolute atomic E-state index is 0.643. The van der Waals surface area contributed by atoms with Crippen LogP contribution in [0.5, 0.6) is 0 Å². The first kappa shape index (κ1) is 22.6. The smallest absolute Gasteiger partial charge is 0.166 e. The predicted octanol–water partition coefficient (Wildman–Crippen LogP) is 10.7. The van der Waals surface area contributed by atoms with Crippen LogP contribution in [0.1, 0.15) is 5.56 Å². The molecular formula is C35H21F3. The van der Waals surface area contributed by atoms with Crippen LogP contribution < -0.4 is 0 Å². The van der Waals surface area contributed by atoms with E-state index < -0.39 is 11.7 Å². The highest BCUT2D eigenvalue weighted by molar-refractivity contribution is 6.22. The van der Waals surface area contributed by atoms with Crippen LogP contribution in [0.25, 0.3) is 65.3 Å². The summed E-state index contributed by atoms with van der Waals surface area (Å²) in [6, 6.07) is 41.2. The average molecular weight is 499 g/mol. The van der Waals surface area contributed by atoms with Crippen LogP contribution in [0, 0.1) is 0 Å². The number of hydrogen-bond acceptors (Lipinski definition) is 0. The Labute approximate surface area is 217 Å². The molecule has 0 unspecified atom stereocenters. The topological polar surface area (TPSA) is 0 Å². The molecule has 0 aliphatic carbocycles.